The second-order valence-corrected chi connectivity index (χ2v) is 7.10. The highest BCUT2D eigenvalue weighted by Gasteiger charge is 2.24. The monoisotopic (exact) mass is 374 g/mol. The first-order valence-corrected chi connectivity index (χ1v) is 9.38. The predicted molar refractivity (Wildman–Crippen MR) is 97.9 cm³/mol. The Morgan fingerprint density at radius 2 is 1.92 bits per heavy atom. The Balaban J connectivity index is 1.55. The van der Waals surface area contributed by atoms with Gasteiger partial charge in [0, 0.05) is 49.9 Å². The van der Waals surface area contributed by atoms with Crippen molar-refractivity contribution < 1.29 is 14.3 Å². The summed E-state index contributed by atoms with van der Waals surface area (Å²) in [5, 5.41) is 10.9. The van der Waals surface area contributed by atoms with E-state index in [0.717, 1.165) is 29.3 Å². The number of aliphatic hydroxyl groups excluding tert-OH is 1. The molecule has 1 N–H and O–H groups in total. The molecule has 2 aromatic heterocycles. The highest BCUT2D eigenvalue weighted by Crippen LogP contribution is 2.24. The average Bonchev–Trinajstić information content (AvgIpc) is 3.23. The zero-order valence-electron chi connectivity index (χ0n) is 14.1. The number of rotatable bonds is 4. The number of carbonyl (C=O) groups excluding carboxylic acids is 1. The number of aromatic nitrogens is 2. The largest absolute Gasteiger partial charge is 0.395 e. The summed E-state index contributed by atoms with van der Waals surface area (Å²) in [6.07, 6.45) is 1.83. The summed E-state index contributed by atoms with van der Waals surface area (Å²) in [4.78, 5) is 22.2. The molecule has 3 heterocycles. The molecule has 1 amide bonds. The van der Waals surface area contributed by atoms with E-state index in [0.29, 0.717) is 25.3 Å². The fourth-order valence-electron chi connectivity index (χ4n) is 3.18. The van der Waals surface area contributed by atoms with Gasteiger partial charge in [0.1, 0.15) is 11.5 Å². The third-order valence-corrected chi connectivity index (χ3v) is 5.48. The molecule has 3 aromatic rings. The van der Waals surface area contributed by atoms with Crippen LogP contribution in [0.2, 0.25) is 0 Å². The number of fused-ring (bicyclic) bond motifs is 1. The van der Waals surface area contributed by atoms with Crippen molar-refractivity contribution >= 4 is 22.2 Å². The molecule has 1 aromatic carbocycles. The predicted octanol–water partition coefficient (Wildman–Crippen LogP) is 1.95. The van der Waals surface area contributed by atoms with E-state index in [-0.39, 0.29) is 18.3 Å². The van der Waals surface area contributed by atoms with Crippen molar-refractivity contribution in [1.29, 1.82) is 0 Å². The van der Waals surface area contributed by atoms with E-state index in [1.165, 1.54) is 23.5 Å². The van der Waals surface area contributed by atoms with Crippen LogP contribution >= 0.6 is 11.3 Å². The highest BCUT2D eigenvalue weighted by atomic mass is 32.1. The fraction of sp³-hybridized carbons (Fsp3) is 0.333. The number of imidazole rings is 1. The number of benzene rings is 1. The zero-order valence-corrected chi connectivity index (χ0v) is 15.0. The Bertz CT molecular complexity index is 913. The van der Waals surface area contributed by atoms with Crippen LogP contribution in [0.15, 0.2) is 35.8 Å². The number of halogens is 1. The minimum absolute atomic E-state index is 0.0112. The number of aliphatic hydroxyl groups is 1. The molecule has 0 aliphatic carbocycles. The van der Waals surface area contributed by atoms with E-state index in [1.54, 1.807) is 12.1 Å². The number of nitrogens with zero attached hydrogens (tertiary/aromatic N) is 4. The first-order chi connectivity index (χ1) is 12.7. The smallest absolute Gasteiger partial charge is 0.271 e. The van der Waals surface area contributed by atoms with Crippen molar-refractivity contribution in [3.8, 4) is 11.3 Å². The summed E-state index contributed by atoms with van der Waals surface area (Å²) in [5.41, 5.74) is 2.14. The van der Waals surface area contributed by atoms with Crippen LogP contribution in [0.25, 0.3) is 16.2 Å². The summed E-state index contributed by atoms with van der Waals surface area (Å²) >= 11 is 1.42. The van der Waals surface area contributed by atoms with Gasteiger partial charge in [0.05, 0.1) is 12.3 Å². The van der Waals surface area contributed by atoms with Gasteiger partial charge < -0.3 is 10.0 Å². The first-order valence-electron chi connectivity index (χ1n) is 8.51. The summed E-state index contributed by atoms with van der Waals surface area (Å²) in [7, 11) is 0. The lowest BCUT2D eigenvalue weighted by atomic mass is 10.2. The summed E-state index contributed by atoms with van der Waals surface area (Å²) in [6.45, 7) is 3.62. The normalized spacial score (nSPS) is 15.7. The molecule has 0 atom stereocenters. The van der Waals surface area contributed by atoms with Crippen molar-refractivity contribution in [1.82, 2.24) is 19.2 Å². The molecule has 0 unspecified atom stereocenters. The molecule has 1 aliphatic heterocycles. The van der Waals surface area contributed by atoms with E-state index in [4.69, 9.17) is 5.11 Å². The maximum atomic E-state index is 13.1. The van der Waals surface area contributed by atoms with Gasteiger partial charge in [0.2, 0.25) is 0 Å². The van der Waals surface area contributed by atoms with Gasteiger partial charge in [0.25, 0.3) is 5.91 Å². The fourth-order valence-corrected chi connectivity index (χ4v) is 4.02. The second kappa shape index (κ2) is 7.14. The lowest BCUT2D eigenvalue weighted by Gasteiger charge is -2.34. The molecule has 26 heavy (non-hydrogen) atoms. The van der Waals surface area contributed by atoms with Crippen LogP contribution in [0.3, 0.4) is 0 Å². The van der Waals surface area contributed by atoms with Crippen molar-refractivity contribution in [3.05, 3.63) is 47.4 Å². The van der Waals surface area contributed by atoms with Gasteiger partial charge in [-0.15, -0.1) is 11.3 Å². The SMILES string of the molecule is O=C(c1csc2nc(-c3ccc(F)cc3)cn12)N1CCN(CCO)CC1. The van der Waals surface area contributed by atoms with Crippen LogP contribution in [-0.2, 0) is 0 Å². The number of amides is 1. The lowest BCUT2D eigenvalue weighted by molar-refractivity contribution is 0.0608. The Morgan fingerprint density at radius 3 is 2.62 bits per heavy atom. The van der Waals surface area contributed by atoms with Gasteiger partial charge >= 0.3 is 0 Å². The quantitative estimate of drug-likeness (QED) is 0.758. The standard InChI is InChI=1S/C18H19FN4O2S/c19-14-3-1-13(2-4-14)15-11-23-16(12-26-18(23)20-15)17(25)22-7-5-21(6-8-22)9-10-24/h1-4,11-12,24H,5-10H2. The molecule has 8 heteroatoms. The van der Waals surface area contributed by atoms with E-state index in [9.17, 15) is 9.18 Å². The summed E-state index contributed by atoms with van der Waals surface area (Å²) < 4.78 is 14.9. The number of thiazole rings is 1. The van der Waals surface area contributed by atoms with Crippen LogP contribution in [0.1, 0.15) is 10.5 Å². The van der Waals surface area contributed by atoms with Gasteiger partial charge in [0.15, 0.2) is 4.96 Å². The molecular weight excluding hydrogens is 355 g/mol. The van der Waals surface area contributed by atoms with Crippen LogP contribution in [0, 0.1) is 5.82 Å². The molecule has 0 bridgehead atoms. The molecule has 1 saturated heterocycles. The summed E-state index contributed by atoms with van der Waals surface area (Å²) in [6, 6.07) is 6.18. The maximum Gasteiger partial charge on any atom is 0.271 e. The Labute approximate surface area is 154 Å². The zero-order chi connectivity index (χ0) is 18.1. The Hall–Kier alpha value is -2.29. The van der Waals surface area contributed by atoms with Crippen molar-refractivity contribution in [2.24, 2.45) is 0 Å². The van der Waals surface area contributed by atoms with Gasteiger partial charge in [-0.1, -0.05) is 0 Å². The molecule has 0 spiro atoms. The number of hydrogen-bond donors (Lipinski definition) is 1. The van der Waals surface area contributed by atoms with Crippen LogP contribution in [0.4, 0.5) is 4.39 Å². The molecule has 0 saturated carbocycles. The van der Waals surface area contributed by atoms with Crippen molar-refractivity contribution in [3.63, 3.8) is 0 Å². The third kappa shape index (κ3) is 3.23. The van der Waals surface area contributed by atoms with E-state index < -0.39 is 0 Å². The van der Waals surface area contributed by atoms with E-state index >= 15 is 0 Å². The highest BCUT2D eigenvalue weighted by molar-refractivity contribution is 7.15. The molecule has 1 fully saturated rings. The Morgan fingerprint density at radius 1 is 1.19 bits per heavy atom. The van der Waals surface area contributed by atoms with Gasteiger partial charge in [-0.3, -0.25) is 14.1 Å². The van der Waals surface area contributed by atoms with Crippen molar-refractivity contribution in [2.75, 3.05) is 39.3 Å². The van der Waals surface area contributed by atoms with Gasteiger partial charge in [-0.25, -0.2) is 9.37 Å². The number of hydrogen-bond acceptors (Lipinski definition) is 5. The van der Waals surface area contributed by atoms with Crippen molar-refractivity contribution in [2.45, 2.75) is 0 Å². The van der Waals surface area contributed by atoms with Crippen LogP contribution < -0.4 is 0 Å². The molecule has 1 aliphatic rings. The molecular formula is C18H19FN4O2S. The third-order valence-electron chi connectivity index (χ3n) is 4.64. The van der Waals surface area contributed by atoms with Crippen LogP contribution in [0.5, 0.6) is 0 Å². The number of piperazine rings is 1. The van der Waals surface area contributed by atoms with E-state index in [1.807, 2.05) is 20.9 Å². The number of β-amino-alcohol motifs (C(OH)–C–C–N with tert-alkyl or cyclic N) is 1. The molecule has 0 radical (unpaired) electrons. The minimum Gasteiger partial charge on any atom is -0.395 e. The first kappa shape index (κ1) is 17.1. The second-order valence-electron chi connectivity index (χ2n) is 6.26. The molecule has 6 nitrogen and oxygen atoms in total. The molecule has 136 valence electrons. The summed E-state index contributed by atoms with van der Waals surface area (Å²) in [5.74, 6) is -0.297. The maximum absolute atomic E-state index is 13.1. The number of carbonyl (C=O) groups is 1. The van der Waals surface area contributed by atoms with Crippen LogP contribution in [-0.4, -0.2) is 69.5 Å². The topological polar surface area (TPSA) is 61.1 Å². The minimum atomic E-state index is -0.286. The Kier molecular flexibility index (Phi) is 4.71. The van der Waals surface area contributed by atoms with Gasteiger partial charge in [-0.2, -0.15) is 0 Å². The lowest BCUT2D eigenvalue weighted by Crippen LogP contribution is -2.49. The van der Waals surface area contributed by atoms with E-state index in [2.05, 4.69) is 9.88 Å². The van der Waals surface area contributed by atoms with Gasteiger partial charge in [-0.05, 0) is 24.3 Å². The average molecular weight is 374 g/mol. The molecule has 4 rings (SSSR count).